The Morgan fingerprint density at radius 2 is 2.29 bits per heavy atom. The van der Waals surface area contributed by atoms with Gasteiger partial charge in [0.15, 0.2) is 0 Å². The normalized spacial score (nSPS) is 10.8. The summed E-state index contributed by atoms with van der Waals surface area (Å²) < 4.78 is 4.89. The van der Waals surface area contributed by atoms with Crippen molar-refractivity contribution >= 4 is 45.9 Å². The molecule has 0 radical (unpaired) electrons. The molecule has 6 nitrogen and oxygen atoms in total. The van der Waals surface area contributed by atoms with E-state index in [1.807, 2.05) is 37.2 Å². The van der Waals surface area contributed by atoms with Crippen molar-refractivity contribution in [3.05, 3.63) is 39.9 Å². The molecule has 1 aromatic heterocycles. The number of ether oxygens (including phenoxy) is 1. The smallest absolute Gasteiger partial charge is 0.311 e. The van der Waals surface area contributed by atoms with Gasteiger partial charge in [0.2, 0.25) is 5.13 Å². The van der Waals surface area contributed by atoms with Crippen molar-refractivity contribution in [2.75, 3.05) is 31.0 Å². The fourth-order valence-electron chi connectivity index (χ4n) is 1.86. The third-order valence-electron chi connectivity index (χ3n) is 3.05. The highest BCUT2D eigenvalue weighted by Gasteiger charge is 2.08. The van der Waals surface area contributed by atoms with E-state index in [0.29, 0.717) is 22.5 Å². The van der Waals surface area contributed by atoms with E-state index in [-0.39, 0.29) is 12.4 Å². The number of carbonyl (C=O) groups is 1. The SMILES string of the molecule is CCOC(=O)Cc1csc(NN=Cc2ccc(N(C)C)cc2Cl)n1. The Bertz CT molecular complexity index is 731. The molecular formula is C16H19ClN4O2S. The van der Waals surface area contributed by atoms with Crippen molar-refractivity contribution in [3.8, 4) is 0 Å². The monoisotopic (exact) mass is 366 g/mol. The summed E-state index contributed by atoms with van der Waals surface area (Å²) >= 11 is 7.61. The molecule has 0 fully saturated rings. The molecule has 2 aromatic rings. The lowest BCUT2D eigenvalue weighted by atomic mass is 10.2. The Hall–Kier alpha value is -2.12. The number of nitrogens with zero attached hydrogens (tertiary/aromatic N) is 3. The van der Waals surface area contributed by atoms with E-state index in [1.165, 1.54) is 11.3 Å². The number of hydrogen-bond acceptors (Lipinski definition) is 7. The van der Waals surface area contributed by atoms with Gasteiger partial charge in [0.05, 0.1) is 30.0 Å². The molecule has 0 atom stereocenters. The van der Waals surface area contributed by atoms with Crippen LogP contribution < -0.4 is 10.3 Å². The molecular weight excluding hydrogens is 348 g/mol. The van der Waals surface area contributed by atoms with Crippen LogP contribution in [0, 0.1) is 0 Å². The molecule has 0 amide bonds. The highest BCUT2D eigenvalue weighted by atomic mass is 35.5. The number of carbonyl (C=O) groups excluding carboxylic acids is 1. The maximum absolute atomic E-state index is 11.4. The fourth-order valence-corrected chi connectivity index (χ4v) is 2.74. The highest BCUT2D eigenvalue weighted by Crippen LogP contribution is 2.21. The van der Waals surface area contributed by atoms with E-state index in [4.69, 9.17) is 16.3 Å². The molecule has 0 saturated heterocycles. The number of thiazole rings is 1. The Kier molecular flexibility index (Phi) is 6.57. The molecule has 0 spiro atoms. The average molecular weight is 367 g/mol. The van der Waals surface area contributed by atoms with E-state index in [1.54, 1.807) is 18.5 Å². The van der Waals surface area contributed by atoms with Crippen LogP contribution in [0.25, 0.3) is 0 Å². The molecule has 1 heterocycles. The van der Waals surface area contributed by atoms with Gasteiger partial charge in [0, 0.05) is 30.7 Å². The lowest BCUT2D eigenvalue weighted by Gasteiger charge is -2.12. The summed E-state index contributed by atoms with van der Waals surface area (Å²) in [5.74, 6) is -0.286. The van der Waals surface area contributed by atoms with Crippen molar-refractivity contribution in [1.82, 2.24) is 4.98 Å². The third-order valence-corrected chi connectivity index (χ3v) is 4.17. The van der Waals surface area contributed by atoms with Crippen LogP contribution >= 0.6 is 22.9 Å². The summed E-state index contributed by atoms with van der Waals surface area (Å²) in [6.45, 7) is 2.14. The lowest BCUT2D eigenvalue weighted by Crippen LogP contribution is -2.08. The van der Waals surface area contributed by atoms with E-state index in [9.17, 15) is 4.79 Å². The van der Waals surface area contributed by atoms with Gasteiger partial charge in [-0.1, -0.05) is 11.6 Å². The van der Waals surface area contributed by atoms with Gasteiger partial charge in [-0.05, 0) is 25.1 Å². The molecule has 0 aliphatic rings. The van der Waals surface area contributed by atoms with Crippen molar-refractivity contribution in [2.45, 2.75) is 13.3 Å². The predicted octanol–water partition coefficient (Wildman–Crippen LogP) is 3.41. The molecule has 128 valence electrons. The van der Waals surface area contributed by atoms with Gasteiger partial charge in [0.25, 0.3) is 0 Å². The van der Waals surface area contributed by atoms with Crippen molar-refractivity contribution in [3.63, 3.8) is 0 Å². The number of nitrogens with one attached hydrogen (secondary N) is 1. The second kappa shape index (κ2) is 8.65. The number of anilines is 2. The predicted molar refractivity (Wildman–Crippen MR) is 99.4 cm³/mol. The maximum atomic E-state index is 11.4. The van der Waals surface area contributed by atoms with E-state index in [0.717, 1.165) is 11.3 Å². The van der Waals surface area contributed by atoms with E-state index < -0.39 is 0 Å². The van der Waals surface area contributed by atoms with Crippen LogP contribution in [0.1, 0.15) is 18.2 Å². The second-order valence-electron chi connectivity index (χ2n) is 5.10. The number of esters is 1. The summed E-state index contributed by atoms with van der Waals surface area (Å²) in [4.78, 5) is 17.7. The van der Waals surface area contributed by atoms with Crippen molar-refractivity contribution in [2.24, 2.45) is 5.10 Å². The average Bonchev–Trinajstić information content (AvgIpc) is 2.96. The van der Waals surface area contributed by atoms with Crippen molar-refractivity contribution < 1.29 is 9.53 Å². The molecule has 24 heavy (non-hydrogen) atoms. The van der Waals surface area contributed by atoms with E-state index >= 15 is 0 Å². The van der Waals surface area contributed by atoms with Crippen LogP contribution in [0.2, 0.25) is 5.02 Å². The number of hydrogen-bond donors (Lipinski definition) is 1. The Morgan fingerprint density at radius 1 is 1.50 bits per heavy atom. The molecule has 1 aromatic carbocycles. The van der Waals surface area contributed by atoms with Gasteiger partial charge < -0.3 is 9.64 Å². The Labute approximate surface area is 150 Å². The molecule has 1 N–H and O–H groups in total. The van der Waals surface area contributed by atoms with Crippen LogP contribution in [0.4, 0.5) is 10.8 Å². The van der Waals surface area contributed by atoms with Gasteiger partial charge in [-0.2, -0.15) is 5.10 Å². The fraction of sp³-hybridized carbons (Fsp3) is 0.312. The molecule has 8 heteroatoms. The summed E-state index contributed by atoms with van der Waals surface area (Å²) in [5, 5.41) is 7.16. The van der Waals surface area contributed by atoms with Crippen LogP contribution in [0.5, 0.6) is 0 Å². The largest absolute Gasteiger partial charge is 0.466 e. The number of hydrazone groups is 1. The quantitative estimate of drug-likeness (QED) is 0.462. The topological polar surface area (TPSA) is 66.8 Å². The van der Waals surface area contributed by atoms with E-state index in [2.05, 4.69) is 15.5 Å². The molecule has 0 unspecified atom stereocenters. The van der Waals surface area contributed by atoms with Gasteiger partial charge >= 0.3 is 5.97 Å². The number of halogens is 1. The summed E-state index contributed by atoms with van der Waals surface area (Å²) in [6.07, 6.45) is 1.79. The molecule has 2 rings (SSSR count). The lowest BCUT2D eigenvalue weighted by molar-refractivity contribution is -0.142. The zero-order valence-corrected chi connectivity index (χ0v) is 15.3. The third kappa shape index (κ3) is 5.21. The maximum Gasteiger partial charge on any atom is 0.311 e. The van der Waals surface area contributed by atoms with Crippen LogP contribution in [0.15, 0.2) is 28.7 Å². The molecule has 0 bridgehead atoms. The minimum absolute atomic E-state index is 0.160. The van der Waals surface area contributed by atoms with Crippen LogP contribution in [-0.4, -0.2) is 37.9 Å². The first kappa shape index (κ1) is 18.2. The number of benzene rings is 1. The zero-order valence-electron chi connectivity index (χ0n) is 13.7. The Balaban J connectivity index is 1.95. The summed E-state index contributed by atoms with van der Waals surface area (Å²) in [7, 11) is 3.91. The van der Waals surface area contributed by atoms with Crippen LogP contribution in [0.3, 0.4) is 0 Å². The molecule has 0 saturated carbocycles. The van der Waals surface area contributed by atoms with Gasteiger partial charge in [-0.3, -0.25) is 10.2 Å². The first-order valence-electron chi connectivity index (χ1n) is 7.35. The van der Waals surface area contributed by atoms with Crippen molar-refractivity contribution in [1.29, 1.82) is 0 Å². The first-order chi connectivity index (χ1) is 11.5. The van der Waals surface area contributed by atoms with Gasteiger partial charge in [-0.25, -0.2) is 4.98 Å². The molecule has 0 aliphatic heterocycles. The number of aromatic nitrogens is 1. The summed E-state index contributed by atoms with van der Waals surface area (Å²) in [6, 6.07) is 5.74. The minimum atomic E-state index is -0.286. The summed E-state index contributed by atoms with van der Waals surface area (Å²) in [5.41, 5.74) is 5.32. The standard InChI is InChI=1S/C16H19ClN4O2S/c1-4-23-15(22)7-12-10-24-16(19-12)20-18-9-11-5-6-13(21(2)3)8-14(11)17/h5-6,8-10H,4,7H2,1-3H3,(H,19,20). The van der Waals surface area contributed by atoms with Gasteiger partial charge in [0.1, 0.15) is 0 Å². The van der Waals surface area contributed by atoms with Crippen LogP contribution in [-0.2, 0) is 16.0 Å². The molecule has 0 aliphatic carbocycles. The zero-order chi connectivity index (χ0) is 17.5. The first-order valence-corrected chi connectivity index (χ1v) is 8.61. The number of rotatable bonds is 7. The van der Waals surface area contributed by atoms with Gasteiger partial charge in [-0.15, -0.1) is 11.3 Å². The second-order valence-corrected chi connectivity index (χ2v) is 6.36. The minimum Gasteiger partial charge on any atom is -0.466 e. The Morgan fingerprint density at radius 3 is 2.96 bits per heavy atom. The highest BCUT2D eigenvalue weighted by molar-refractivity contribution is 7.13.